The van der Waals surface area contributed by atoms with Gasteiger partial charge in [0.1, 0.15) is 0 Å². The molecule has 0 N–H and O–H groups in total. The molecule has 0 aliphatic rings. The minimum atomic E-state index is 0. The molecule has 4 heavy (non-hydrogen) atoms. The minimum Gasteiger partial charge on any atom is -1.00 e. The summed E-state index contributed by atoms with van der Waals surface area (Å²) in [5.74, 6) is 0. The topological polar surface area (TPSA) is 23.8 Å². The molecule has 0 radical (unpaired) electrons. The van der Waals surface area contributed by atoms with Crippen LogP contribution >= 0.6 is 0 Å². The van der Waals surface area contributed by atoms with Crippen molar-refractivity contribution in [2.24, 2.45) is 0 Å². The van der Waals surface area contributed by atoms with Crippen molar-refractivity contribution in [3.63, 3.8) is 0 Å². The molecule has 0 rings (SSSR count). The second-order valence-corrected chi connectivity index (χ2v) is 0. The molecular weight excluding hydrogens is 105 g/mol. The first-order valence-electron chi connectivity index (χ1n) is 0.258. The van der Waals surface area contributed by atoms with Crippen LogP contribution in [0.2, 0.25) is 0 Å². The summed E-state index contributed by atoms with van der Waals surface area (Å²) in [4.78, 5) is 0. The summed E-state index contributed by atoms with van der Waals surface area (Å²) in [6.45, 7) is 3.50. The molecular formula is CH2FeNNa. The number of hydrogen-bond donors (Lipinski definition) is 0. The van der Waals surface area contributed by atoms with Gasteiger partial charge in [0.25, 0.3) is 0 Å². The predicted octanol–water partition coefficient (Wildman–Crippen LogP) is -2.75. The van der Waals surface area contributed by atoms with Crippen LogP contribution < -0.4 is 29.6 Å². The van der Waals surface area contributed by atoms with Crippen LogP contribution in [0.5, 0.6) is 0 Å². The fourth-order valence-electron chi connectivity index (χ4n) is 0. The molecule has 1 nitrogen and oxygen atoms in total. The first-order valence-corrected chi connectivity index (χ1v) is 0.258. The van der Waals surface area contributed by atoms with Crippen molar-refractivity contribution in [2.75, 3.05) is 0 Å². The third kappa shape index (κ3) is 11.9. The molecule has 0 fully saturated rings. The van der Waals surface area contributed by atoms with Crippen LogP contribution in [0.4, 0.5) is 0 Å². The van der Waals surface area contributed by atoms with Crippen molar-refractivity contribution in [2.45, 2.75) is 0 Å². The monoisotopic (exact) mass is 107 g/mol. The maximum atomic E-state index is 6.50. The smallest absolute Gasteiger partial charge is 1.00 e. The van der Waals surface area contributed by atoms with Crippen molar-refractivity contribution in [3.05, 3.63) is 0 Å². The van der Waals surface area contributed by atoms with Gasteiger partial charge in [-0.2, -0.15) is 0 Å². The summed E-state index contributed by atoms with van der Waals surface area (Å²) in [6, 6.07) is 0. The second kappa shape index (κ2) is 35.6. The molecule has 0 atom stereocenters. The predicted molar refractivity (Wildman–Crippen MR) is 7.78 cm³/mol. The van der Waals surface area contributed by atoms with Crippen molar-refractivity contribution in [3.8, 4) is 6.57 Å². The zero-order valence-corrected chi connectivity index (χ0v) is 5.48. The average molecular weight is 107 g/mol. The van der Waals surface area contributed by atoms with E-state index in [1.165, 1.54) is 0 Å². The summed E-state index contributed by atoms with van der Waals surface area (Å²) in [5.41, 5.74) is 0. The van der Waals surface area contributed by atoms with Crippen molar-refractivity contribution < 1.29 is 48.1 Å². The fraction of sp³-hybridized carbons (Fsp3) is 0. The van der Waals surface area contributed by atoms with Crippen molar-refractivity contribution in [1.82, 2.24) is 0 Å². The van der Waals surface area contributed by atoms with E-state index in [-0.39, 0.29) is 48.1 Å². The van der Waals surface area contributed by atoms with Gasteiger partial charge in [0.2, 0.25) is 0 Å². The van der Waals surface area contributed by atoms with Crippen LogP contribution in [-0.2, 0) is 17.1 Å². The van der Waals surface area contributed by atoms with E-state index < -0.39 is 0 Å². The average Bonchev–Trinajstić information content (AvgIpc) is 1.00. The zero-order chi connectivity index (χ0) is 2.00. The quantitative estimate of drug-likeness (QED) is 0.308. The van der Waals surface area contributed by atoms with Gasteiger partial charge in [-0.05, 0) is 0 Å². The number of nitrogens with zero attached hydrogens (tertiary/aromatic N) is 1. The Morgan fingerprint density at radius 1 is 1.50 bits per heavy atom. The Morgan fingerprint density at radius 3 is 1.50 bits per heavy atom. The van der Waals surface area contributed by atoms with Gasteiger partial charge in [0.15, 0.2) is 0 Å². The molecule has 0 unspecified atom stereocenters. The summed E-state index contributed by atoms with van der Waals surface area (Å²) in [5, 5.41) is 6.50. The molecule has 0 heterocycles. The minimum absolute atomic E-state index is 0. The molecule has 0 saturated heterocycles. The van der Waals surface area contributed by atoms with E-state index in [0.29, 0.717) is 0 Å². The van der Waals surface area contributed by atoms with E-state index in [1.54, 1.807) is 0 Å². The van der Waals surface area contributed by atoms with E-state index in [4.69, 9.17) is 5.26 Å². The molecule has 0 aromatic heterocycles. The van der Waals surface area contributed by atoms with Gasteiger partial charge in [-0.25, -0.2) is 5.26 Å². The molecule has 0 aromatic carbocycles. The number of hydrogen-bond acceptors (Lipinski definition) is 1. The zero-order valence-electron chi connectivity index (χ0n) is 3.38. The van der Waals surface area contributed by atoms with Crippen LogP contribution in [-0.4, -0.2) is 0 Å². The molecule has 20 valence electrons. The van der Waals surface area contributed by atoms with Crippen LogP contribution in [0, 0.1) is 11.8 Å². The number of nitriles is 1. The Bertz CT molecular complexity index is 16.4. The molecule has 0 amide bonds. The second-order valence-electron chi connectivity index (χ2n) is 0. The van der Waals surface area contributed by atoms with Crippen LogP contribution in [0.3, 0.4) is 0 Å². The standard InChI is InChI=1S/CHN.Fe.Na.H/c1-2;;;/h1H;;;/q;;+1;-1. The van der Waals surface area contributed by atoms with E-state index in [9.17, 15) is 0 Å². The maximum Gasteiger partial charge on any atom is 1.00 e. The normalized spacial score (nSPS) is 0.500. The maximum absolute atomic E-state index is 6.50. The van der Waals surface area contributed by atoms with Gasteiger partial charge < -0.3 is 1.43 Å². The summed E-state index contributed by atoms with van der Waals surface area (Å²) < 4.78 is 0. The summed E-state index contributed by atoms with van der Waals surface area (Å²) in [7, 11) is 0. The van der Waals surface area contributed by atoms with Gasteiger partial charge in [-0.3, -0.25) is 0 Å². The first-order chi connectivity index (χ1) is 1.00. The molecule has 0 saturated carbocycles. The van der Waals surface area contributed by atoms with Gasteiger partial charge in [0, 0.05) is 23.6 Å². The Balaban J connectivity index is -0.00000000167. The third-order valence-electron chi connectivity index (χ3n) is 0. The van der Waals surface area contributed by atoms with Crippen LogP contribution in [0.25, 0.3) is 0 Å². The van der Waals surface area contributed by atoms with Crippen molar-refractivity contribution >= 4 is 0 Å². The van der Waals surface area contributed by atoms with E-state index >= 15 is 0 Å². The van der Waals surface area contributed by atoms with Gasteiger partial charge in [-0.1, -0.05) is 0 Å². The van der Waals surface area contributed by atoms with Gasteiger partial charge >= 0.3 is 29.6 Å². The van der Waals surface area contributed by atoms with Crippen LogP contribution in [0.15, 0.2) is 0 Å². The van der Waals surface area contributed by atoms with E-state index in [2.05, 4.69) is 6.57 Å². The first kappa shape index (κ1) is 19.9. The Kier molecular flexibility index (Phi) is 178. The molecule has 0 aliphatic carbocycles. The van der Waals surface area contributed by atoms with E-state index in [1.807, 2.05) is 0 Å². The Morgan fingerprint density at radius 2 is 1.50 bits per heavy atom. The molecule has 0 spiro atoms. The number of rotatable bonds is 0. The van der Waals surface area contributed by atoms with Gasteiger partial charge in [0.05, 0.1) is 0 Å². The molecule has 0 bridgehead atoms. The summed E-state index contributed by atoms with van der Waals surface area (Å²) in [6.07, 6.45) is 0. The SMILES string of the molecule is C#N.[Fe].[H-].[Na+]. The van der Waals surface area contributed by atoms with Gasteiger partial charge in [-0.15, -0.1) is 0 Å². The molecule has 3 heteroatoms. The van der Waals surface area contributed by atoms with Crippen LogP contribution in [0.1, 0.15) is 1.43 Å². The molecule has 0 aromatic rings. The Labute approximate surface area is 59.6 Å². The van der Waals surface area contributed by atoms with E-state index in [0.717, 1.165) is 0 Å². The Hall–Kier alpha value is 1.01. The third-order valence-corrected chi connectivity index (χ3v) is 0. The largest absolute Gasteiger partial charge is 1.00 e. The summed E-state index contributed by atoms with van der Waals surface area (Å²) >= 11 is 0. The fourth-order valence-corrected chi connectivity index (χ4v) is 0. The molecule has 0 aliphatic heterocycles. The van der Waals surface area contributed by atoms with Crippen molar-refractivity contribution in [1.29, 1.82) is 5.26 Å².